The molecule has 1 aliphatic rings. The molecule has 0 aromatic heterocycles. The number of nitrogens with one attached hydrogen (secondary N) is 2. The first-order valence-electron chi connectivity index (χ1n) is 6.88. The number of carboxylic acid groups (broad SMARTS) is 1. The summed E-state index contributed by atoms with van der Waals surface area (Å²) in [5.41, 5.74) is 2.59. The van der Waals surface area contributed by atoms with Gasteiger partial charge in [-0.05, 0) is 11.8 Å². The Balaban J connectivity index is 2.34. The van der Waals surface area contributed by atoms with Crippen molar-refractivity contribution in [1.82, 2.24) is 15.8 Å². The lowest BCUT2D eigenvalue weighted by atomic mass is 9.84. The van der Waals surface area contributed by atoms with Crippen molar-refractivity contribution in [2.24, 2.45) is 11.3 Å². The predicted octanol–water partition coefficient (Wildman–Crippen LogP) is 0.670. The average Bonchev–Trinajstić information content (AvgIpc) is 2.34. The molecule has 7 nitrogen and oxygen atoms in total. The monoisotopic (exact) mass is 287 g/mol. The highest BCUT2D eigenvalue weighted by molar-refractivity contribution is 5.75. The molecule has 1 aliphatic heterocycles. The van der Waals surface area contributed by atoms with Gasteiger partial charge in [0.15, 0.2) is 0 Å². The Morgan fingerprint density at radius 2 is 1.90 bits per heavy atom. The maximum absolute atomic E-state index is 11.7. The van der Waals surface area contributed by atoms with Crippen LogP contribution in [0.15, 0.2) is 0 Å². The van der Waals surface area contributed by atoms with Gasteiger partial charge in [0.1, 0.15) is 0 Å². The number of carbonyl (C=O) groups is 2. The number of rotatable bonds is 5. The summed E-state index contributed by atoms with van der Waals surface area (Å²) in [6.07, 6.45) is 0.514. The Hall–Kier alpha value is -1.34. The van der Waals surface area contributed by atoms with Crippen molar-refractivity contribution in [2.45, 2.75) is 27.2 Å². The van der Waals surface area contributed by atoms with E-state index in [1.807, 2.05) is 20.8 Å². The van der Waals surface area contributed by atoms with Crippen molar-refractivity contribution < 1.29 is 19.4 Å². The highest BCUT2D eigenvalue weighted by Crippen LogP contribution is 2.24. The molecular weight excluding hydrogens is 262 g/mol. The Labute approximate surface area is 119 Å². The first kappa shape index (κ1) is 16.7. The maximum atomic E-state index is 11.7. The first-order chi connectivity index (χ1) is 9.28. The fraction of sp³-hybridized carbons (Fsp3) is 0.846. The van der Waals surface area contributed by atoms with E-state index in [-0.39, 0.29) is 18.0 Å². The maximum Gasteiger partial charge on any atom is 0.329 e. The van der Waals surface area contributed by atoms with Crippen molar-refractivity contribution in [3.63, 3.8) is 0 Å². The molecule has 1 unspecified atom stereocenters. The van der Waals surface area contributed by atoms with E-state index in [2.05, 4.69) is 10.7 Å². The van der Waals surface area contributed by atoms with Gasteiger partial charge in [-0.15, -0.1) is 0 Å². The van der Waals surface area contributed by atoms with Crippen LogP contribution in [0.5, 0.6) is 0 Å². The van der Waals surface area contributed by atoms with Crippen LogP contribution in [0.3, 0.4) is 0 Å². The summed E-state index contributed by atoms with van der Waals surface area (Å²) >= 11 is 0. The standard InChI is InChI=1S/C13H25N3O4/c1-13(2,3)8-10(11(17)18)9-14-12(19)15-16-4-6-20-7-5-16/h10H,4-9H2,1-3H3,(H,17,18)(H2,14,15,19). The Kier molecular flexibility index (Phi) is 6.22. The summed E-state index contributed by atoms with van der Waals surface area (Å²) in [6, 6.07) is -0.368. The molecule has 1 atom stereocenters. The number of ether oxygens (including phenoxy) is 1. The van der Waals surface area contributed by atoms with Gasteiger partial charge in [0, 0.05) is 19.6 Å². The topological polar surface area (TPSA) is 90.9 Å². The normalized spacial score (nSPS) is 18.4. The Bertz CT molecular complexity index is 335. The molecule has 1 fully saturated rings. The molecule has 0 spiro atoms. The second kappa shape index (κ2) is 7.44. The van der Waals surface area contributed by atoms with Gasteiger partial charge >= 0.3 is 12.0 Å². The molecule has 7 heteroatoms. The zero-order chi connectivity index (χ0) is 15.2. The number of hydrogen-bond donors (Lipinski definition) is 3. The molecular formula is C13H25N3O4. The fourth-order valence-electron chi connectivity index (χ4n) is 2.06. The van der Waals surface area contributed by atoms with Crippen LogP contribution < -0.4 is 10.7 Å². The summed E-state index contributed by atoms with van der Waals surface area (Å²) in [4.78, 5) is 22.9. The molecule has 1 heterocycles. The molecule has 0 aliphatic carbocycles. The second-order valence-electron chi connectivity index (χ2n) is 6.22. The number of hydrazine groups is 1. The van der Waals surface area contributed by atoms with Crippen LogP contribution in [-0.4, -0.2) is 55.0 Å². The van der Waals surface area contributed by atoms with E-state index < -0.39 is 11.9 Å². The molecule has 1 saturated heterocycles. The van der Waals surface area contributed by atoms with Crippen LogP contribution in [-0.2, 0) is 9.53 Å². The number of carbonyl (C=O) groups excluding carboxylic acids is 1. The lowest BCUT2D eigenvalue weighted by molar-refractivity contribution is -0.142. The van der Waals surface area contributed by atoms with Gasteiger partial charge in [-0.1, -0.05) is 20.8 Å². The van der Waals surface area contributed by atoms with Crippen LogP contribution in [0.1, 0.15) is 27.2 Å². The Morgan fingerprint density at radius 3 is 2.40 bits per heavy atom. The van der Waals surface area contributed by atoms with E-state index in [9.17, 15) is 14.7 Å². The molecule has 0 aromatic carbocycles. The summed E-state index contributed by atoms with van der Waals surface area (Å²) in [6.45, 7) is 8.52. The summed E-state index contributed by atoms with van der Waals surface area (Å²) < 4.78 is 5.17. The molecule has 0 aromatic rings. The van der Waals surface area contributed by atoms with Crippen molar-refractivity contribution in [3.05, 3.63) is 0 Å². The first-order valence-corrected chi connectivity index (χ1v) is 6.88. The van der Waals surface area contributed by atoms with Crippen LogP contribution >= 0.6 is 0 Å². The zero-order valence-corrected chi connectivity index (χ0v) is 12.4. The second-order valence-corrected chi connectivity index (χ2v) is 6.22. The molecule has 2 amide bonds. The van der Waals surface area contributed by atoms with E-state index in [1.165, 1.54) is 0 Å². The van der Waals surface area contributed by atoms with Crippen LogP contribution in [0, 0.1) is 11.3 Å². The highest BCUT2D eigenvalue weighted by Gasteiger charge is 2.25. The number of hydrogen-bond acceptors (Lipinski definition) is 4. The minimum atomic E-state index is -0.883. The molecule has 20 heavy (non-hydrogen) atoms. The van der Waals surface area contributed by atoms with Crippen molar-refractivity contribution in [1.29, 1.82) is 0 Å². The van der Waals surface area contributed by atoms with E-state index in [0.717, 1.165) is 0 Å². The smallest absolute Gasteiger partial charge is 0.329 e. The van der Waals surface area contributed by atoms with Crippen LogP contribution in [0.4, 0.5) is 4.79 Å². The van der Waals surface area contributed by atoms with Crippen molar-refractivity contribution in [2.75, 3.05) is 32.8 Å². The largest absolute Gasteiger partial charge is 0.481 e. The summed E-state index contributed by atoms with van der Waals surface area (Å²) in [5.74, 6) is -1.46. The molecule has 3 N–H and O–H groups in total. The molecule has 0 radical (unpaired) electrons. The fourth-order valence-corrected chi connectivity index (χ4v) is 2.06. The lowest BCUT2D eigenvalue weighted by Gasteiger charge is -2.27. The molecule has 0 bridgehead atoms. The minimum absolute atomic E-state index is 0.0918. The average molecular weight is 287 g/mol. The number of amides is 2. The SMILES string of the molecule is CC(C)(C)CC(CNC(=O)NN1CCOCC1)C(=O)O. The number of urea groups is 1. The minimum Gasteiger partial charge on any atom is -0.481 e. The van der Waals surface area contributed by atoms with Gasteiger partial charge in [0.25, 0.3) is 0 Å². The van der Waals surface area contributed by atoms with E-state index >= 15 is 0 Å². The third kappa shape index (κ3) is 6.72. The van der Waals surface area contributed by atoms with Crippen molar-refractivity contribution >= 4 is 12.0 Å². The summed E-state index contributed by atoms with van der Waals surface area (Å²) in [7, 11) is 0. The van der Waals surface area contributed by atoms with Gasteiger partial charge in [-0.25, -0.2) is 9.80 Å². The van der Waals surface area contributed by atoms with Crippen molar-refractivity contribution in [3.8, 4) is 0 Å². The van der Waals surface area contributed by atoms with Gasteiger partial charge in [-0.2, -0.15) is 0 Å². The highest BCUT2D eigenvalue weighted by atomic mass is 16.5. The summed E-state index contributed by atoms with van der Waals surface area (Å²) in [5, 5.41) is 13.6. The molecule has 1 rings (SSSR count). The van der Waals surface area contributed by atoms with Gasteiger partial charge in [0.05, 0.1) is 19.1 Å². The number of carboxylic acids is 1. The van der Waals surface area contributed by atoms with E-state index in [4.69, 9.17) is 4.74 Å². The zero-order valence-electron chi connectivity index (χ0n) is 12.4. The van der Waals surface area contributed by atoms with Crippen LogP contribution in [0.25, 0.3) is 0 Å². The Morgan fingerprint density at radius 1 is 1.30 bits per heavy atom. The molecule has 0 saturated carbocycles. The quantitative estimate of drug-likeness (QED) is 0.691. The number of morpholine rings is 1. The van der Waals surface area contributed by atoms with E-state index in [1.54, 1.807) is 5.01 Å². The predicted molar refractivity (Wildman–Crippen MR) is 74.1 cm³/mol. The van der Waals surface area contributed by atoms with E-state index in [0.29, 0.717) is 32.7 Å². The van der Waals surface area contributed by atoms with Gasteiger partial charge < -0.3 is 15.2 Å². The third-order valence-corrected chi connectivity index (χ3v) is 2.99. The molecule has 116 valence electrons. The number of nitrogens with zero attached hydrogens (tertiary/aromatic N) is 1. The van der Waals surface area contributed by atoms with Gasteiger partial charge in [-0.3, -0.25) is 10.2 Å². The van der Waals surface area contributed by atoms with Gasteiger partial charge in [0.2, 0.25) is 0 Å². The number of aliphatic carboxylic acids is 1. The third-order valence-electron chi connectivity index (χ3n) is 2.99. The lowest BCUT2D eigenvalue weighted by Crippen LogP contribution is -2.52. The van der Waals surface area contributed by atoms with Crippen LogP contribution in [0.2, 0.25) is 0 Å².